The van der Waals surface area contributed by atoms with E-state index in [9.17, 15) is 14.7 Å². The standard InChI is InChI=1S/C15H17N3O3/c1-9(20)16-11-2-3-12-10(6-11)4-5-15(8-19)7-13(21)17-18-14(12)15/h2-3,6,19H,4-5,7-8H2,1H3,(H,16,20)(H,17,21). The zero-order valence-electron chi connectivity index (χ0n) is 11.8. The molecular weight excluding hydrogens is 270 g/mol. The number of aliphatic hydroxyl groups excluding tert-OH is 1. The minimum absolute atomic E-state index is 0.0911. The van der Waals surface area contributed by atoms with Crippen molar-refractivity contribution in [1.82, 2.24) is 5.43 Å². The van der Waals surface area contributed by atoms with Gasteiger partial charge in [0.2, 0.25) is 11.8 Å². The van der Waals surface area contributed by atoms with Crippen LogP contribution in [0.2, 0.25) is 0 Å². The largest absolute Gasteiger partial charge is 0.395 e. The van der Waals surface area contributed by atoms with E-state index >= 15 is 0 Å². The summed E-state index contributed by atoms with van der Waals surface area (Å²) in [6, 6.07) is 5.63. The highest BCUT2D eigenvalue weighted by Gasteiger charge is 2.44. The number of carbonyl (C=O) groups is 2. The van der Waals surface area contributed by atoms with Crippen molar-refractivity contribution in [3.05, 3.63) is 29.3 Å². The van der Waals surface area contributed by atoms with E-state index in [1.54, 1.807) is 0 Å². The number of anilines is 1. The van der Waals surface area contributed by atoms with E-state index in [0.717, 1.165) is 28.9 Å². The van der Waals surface area contributed by atoms with Gasteiger partial charge in [0.25, 0.3) is 0 Å². The van der Waals surface area contributed by atoms with Gasteiger partial charge >= 0.3 is 0 Å². The minimum atomic E-state index is -0.579. The first-order valence-electron chi connectivity index (χ1n) is 6.93. The SMILES string of the molecule is CC(=O)Nc1ccc2c(c1)CCC1(CO)CC(=O)NN=C21. The van der Waals surface area contributed by atoms with Crippen LogP contribution in [-0.2, 0) is 16.0 Å². The Hall–Kier alpha value is -2.21. The molecule has 2 amide bonds. The van der Waals surface area contributed by atoms with E-state index < -0.39 is 5.41 Å². The van der Waals surface area contributed by atoms with Crippen molar-refractivity contribution in [2.45, 2.75) is 26.2 Å². The van der Waals surface area contributed by atoms with Crippen LogP contribution in [0.1, 0.15) is 30.9 Å². The zero-order valence-corrected chi connectivity index (χ0v) is 11.8. The van der Waals surface area contributed by atoms with Crippen molar-refractivity contribution < 1.29 is 14.7 Å². The lowest BCUT2D eigenvalue weighted by Gasteiger charge is -2.39. The number of hydrazone groups is 1. The summed E-state index contributed by atoms with van der Waals surface area (Å²) >= 11 is 0. The van der Waals surface area contributed by atoms with Crippen molar-refractivity contribution in [2.75, 3.05) is 11.9 Å². The van der Waals surface area contributed by atoms with Gasteiger partial charge in [0.05, 0.1) is 12.3 Å². The summed E-state index contributed by atoms with van der Waals surface area (Å²) in [5, 5.41) is 16.7. The molecule has 0 saturated heterocycles. The summed E-state index contributed by atoms with van der Waals surface area (Å²) in [6.07, 6.45) is 1.68. The maximum Gasteiger partial charge on any atom is 0.241 e. The zero-order chi connectivity index (χ0) is 15.0. The van der Waals surface area contributed by atoms with Crippen LogP contribution in [0.5, 0.6) is 0 Å². The Kier molecular flexibility index (Phi) is 3.25. The molecule has 1 aromatic carbocycles. The highest BCUT2D eigenvalue weighted by atomic mass is 16.3. The molecule has 6 nitrogen and oxygen atoms in total. The third-order valence-corrected chi connectivity index (χ3v) is 4.15. The molecule has 6 heteroatoms. The van der Waals surface area contributed by atoms with Crippen LogP contribution in [-0.4, -0.2) is 29.2 Å². The van der Waals surface area contributed by atoms with Crippen LogP contribution in [0, 0.1) is 5.41 Å². The maximum absolute atomic E-state index is 11.6. The number of nitrogens with zero attached hydrogens (tertiary/aromatic N) is 1. The molecule has 0 radical (unpaired) electrons. The number of amides is 2. The molecule has 21 heavy (non-hydrogen) atoms. The number of benzene rings is 1. The van der Waals surface area contributed by atoms with E-state index in [2.05, 4.69) is 15.8 Å². The second-order valence-electron chi connectivity index (χ2n) is 5.66. The fraction of sp³-hybridized carbons (Fsp3) is 0.400. The molecule has 0 fully saturated rings. The molecular formula is C15H17N3O3. The summed E-state index contributed by atoms with van der Waals surface area (Å²) in [4.78, 5) is 22.7. The second-order valence-corrected chi connectivity index (χ2v) is 5.66. The van der Waals surface area contributed by atoms with Crippen molar-refractivity contribution in [2.24, 2.45) is 10.5 Å². The Morgan fingerprint density at radius 1 is 1.52 bits per heavy atom. The molecule has 0 aromatic heterocycles. The van der Waals surface area contributed by atoms with E-state index in [4.69, 9.17) is 0 Å². The van der Waals surface area contributed by atoms with Crippen LogP contribution in [0.25, 0.3) is 0 Å². The van der Waals surface area contributed by atoms with Gasteiger partial charge < -0.3 is 10.4 Å². The molecule has 0 spiro atoms. The molecule has 0 bridgehead atoms. The first kappa shape index (κ1) is 13.8. The first-order valence-corrected chi connectivity index (χ1v) is 6.93. The first-order chi connectivity index (χ1) is 10.0. The number of aliphatic hydroxyl groups is 1. The third kappa shape index (κ3) is 2.31. The van der Waals surface area contributed by atoms with Gasteiger partial charge in [0, 0.05) is 30.0 Å². The summed E-state index contributed by atoms with van der Waals surface area (Å²) < 4.78 is 0. The molecule has 1 atom stereocenters. The van der Waals surface area contributed by atoms with Gasteiger partial charge in [0.15, 0.2) is 0 Å². The summed E-state index contributed by atoms with van der Waals surface area (Å²) in [7, 11) is 0. The van der Waals surface area contributed by atoms with Crippen molar-refractivity contribution in [3.63, 3.8) is 0 Å². The lowest BCUT2D eigenvalue weighted by molar-refractivity contribution is -0.124. The Balaban J connectivity index is 2.03. The Labute approximate surface area is 122 Å². The van der Waals surface area contributed by atoms with Gasteiger partial charge in [-0.1, -0.05) is 6.07 Å². The van der Waals surface area contributed by atoms with Gasteiger partial charge in [-0.05, 0) is 30.5 Å². The Morgan fingerprint density at radius 3 is 3.05 bits per heavy atom. The molecule has 1 aliphatic heterocycles. The van der Waals surface area contributed by atoms with Crippen molar-refractivity contribution >= 4 is 23.2 Å². The molecule has 2 aliphatic rings. The number of aryl methyl sites for hydroxylation is 1. The third-order valence-electron chi connectivity index (χ3n) is 4.15. The van der Waals surface area contributed by atoms with E-state index in [-0.39, 0.29) is 24.8 Å². The highest BCUT2D eigenvalue weighted by Crippen LogP contribution is 2.40. The predicted molar refractivity (Wildman–Crippen MR) is 77.9 cm³/mol. The lowest BCUT2D eigenvalue weighted by Crippen LogP contribution is -2.47. The van der Waals surface area contributed by atoms with Gasteiger partial charge in [0.1, 0.15) is 0 Å². The highest BCUT2D eigenvalue weighted by molar-refractivity contribution is 6.10. The molecule has 110 valence electrons. The van der Waals surface area contributed by atoms with Crippen LogP contribution < -0.4 is 10.7 Å². The number of fused-ring (bicyclic) bond motifs is 3. The summed E-state index contributed by atoms with van der Waals surface area (Å²) in [6.45, 7) is 1.38. The lowest BCUT2D eigenvalue weighted by atomic mass is 9.67. The molecule has 3 rings (SSSR count). The topological polar surface area (TPSA) is 90.8 Å². The number of hydrogen-bond donors (Lipinski definition) is 3. The van der Waals surface area contributed by atoms with Crippen LogP contribution in [0.15, 0.2) is 23.3 Å². The molecule has 0 saturated carbocycles. The van der Waals surface area contributed by atoms with E-state index in [1.165, 1.54) is 6.92 Å². The number of carbonyl (C=O) groups excluding carboxylic acids is 2. The van der Waals surface area contributed by atoms with Gasteiger partial charge in [-0.2, -0.15) is 5.10 Å². The molecule has 1 heterocycles. The van der Waals surface area contributed by atoms with Gasteiger partial charge in [-0.25, -0.2) is 5.43 Å². The molecule has 1 aliphatic carbocycles. The average Bonchev–Trinajstić information content (AvgIpc) is 2.46. The predicted octanol–water partition coefficient (Wildman–Crippen LogP) is 0.794. The molecule has 3 N–H and O–H groups in total. The fourth-order valence-corrected chi connectivity index (χ4v) is 3.12. The van der Waals surface area contributed by atoms with Crippen LogP contribution in [0.4, 0.5) is 5.69 Å². The summed E-state index contributed by atoms with van der Waals surface area (Å²) in [5.74, 6) is -0.274. The summed E-state index contributed by atoms with van der Waals surface area (Å²) in [5.41, 5.74) is 5.41. The van der Waals surface area contributed by atoms with E-state index in [0.29, 0.717) is 6.42 Å². The normalized spacial score (nSPS) is 23.5. The maximum atomic E-state index is 11.6. The number of hydrogen-bond acceptors (Lipinski definition) is 4. The van der Waals surface area contributed by atoms with E-state index in [1.807, 2.05) is 18.2 Å². The smallest absolute Gasteiger partial charge is 0.241 e. The van der Waals surface area contributed by atoms with Gasteiger partial charge in [-0.15, -0.1) is 0 Å². The van der Waals surface area contributed by atoms with Crippen LogP contribution >= 0.6 is 0 Å². The Bertz CT molecular complexity index is 654. The van der Waals surface area contributed by atoms with Crippen molar-refractivity contribution in [3.8, 4) is 0 Å². The van der Waals surface area contributed by atoms with Crippen molar-refractivity contribution in [1.29, 1.82) is 0 Å². The second kappa shape index (κ2) is 4.96. The molecule has 1 unspecified atom stereocenters. The molecule has 1 aromatic rings. The number of nitrogens with one attached hydrogen (secondary N) is 2. The Morgan fingerprint density at radius 2 is 2.33 bits per heavy atom. The van der Waals surface area contributed by atoms with Gasteiger partial charge in [-0.3, -0.25) is 9.59 Å². The number of rotatable bonds is 2. The fourth-order valence-electron chi connectivity index (χ4n) is 3.12. The quantitative estimate of drug-likeness (QED) is 0.751. The minimum Gasteiger partial charge on any atom is -0.395 e. The monoisotopic (exact) mass is 287 g/mol. The van der Waals surface area contributed by atoms with Crippen LogP contribution in [0.3, 0.4) is 0 Å². The average molecular weight is 287 g/mol.